The fourth-order valence-corrected chi connectivity index (χ4v) is 4.27. The zero-order valence-corrected chi connectivity index (χ0v) is 15.2. The Labute approximate surface area is 153 Å². The molecule has 0 radical (unpaired) electrons. The number of aromatic nitrogens is 2. The van der Waals surface area contributed by atoms with Crippen LogP contribution in [0.25, 0.3) is 16.2 Å². The Morgan fingerprint density at radius 3 is 2.88 bits per heavy atom. The molecule has 3 heterocycles. The van der Waals surface area contributed by atoms with Crippen LogP contribution < -0.4 is 9.64 Å². The second kappa shape index (κ2) is 6.14. The fraction of sp³-hybridized carbons (Fsp3) is 0.278. The van der Waals surface area contributed by atoms with Gasteiger partial charge in [-0.3, -0.25) is 9.20 Å². The average molecular weight is 371 g/mol. The number of benzene rings is 1. The van der Waals surface area contributed by atoms with E-state index in [0.29, 0.717) is 28.6 Å². The number of anilines is 1. The fourth-order valence-electron chi connectivity index (χ4n) is 3.23. The number of imidazole rings is 1. The van der Waals surface area contributed by atoms with Gasteiger partial charge < -0.3 is 14.7 Å². The molecule has 1 aliphatic heterocycles. The number of likely N-dealkylation sites (N-methyl/N-ethyl adjacent to an activating group) is 1. The highest BCUT2D eigenvalue weighted by molar-refractivity contribution is 7.19. The molecule has 1 aromatic carbocycles. The zero-order valence-electron chi connectivity index (χ0n) is 14.4. The molecule has 8 heteroatoms. The van der Waals surface area contributed by atoms with Crippen molar-refractivity contribution in [2.24, 2.45) is 0 Å². The van der Waals surface area contributed by atoms with E-state index in [4.69, 9.17) is 4.74 Å². The van der Waals surface area contributed by atoms with E-state index < -0.39 is 5.97 Å². The van der Waals surface area contributed by atoms with Crippen molar-refractivity contribution < 1.29 is 19.4 Å². The Bertz CT molecular complexity index is 1040. The highest BCUT2D eigenvalue weighted by atomic mass is 32.1. The lowest BCUT2D eigenvalue weighted by molar-refractivity contribution is -0.121. The van der Waals surface area contributed by atoms with E-state index in [2.05, 4.69) is 4.98 Å². The summed E-state index contributed by atoms with van der Waals surface area (Å²) in [5.74, 6) is -0.317. The largest absolute Gasteiger partial charge is 0.482 e. The van der Waals surface area contributed by atoms with Crippen LogP contribution in [-0.2, 0) is 11.2 Å². The number of carbonyl (C=O) groups excluding carboxylic acids is 1. The molecular weight excluding hydrogens is 354 g/mol. The minimum Gasteiger partial charge on any atom is -0.482 e. The maximum Gasteiger partial charge on any atom is 0.347 e. The normalized spacial score (nSPS) is 13.8. The summed E-state index contributed by atoms with van der Waals surface area (Å²) in [6.07, 6.45) is 2.45. The molecule has 0 bridgehead atoms. The molecular formula is C18H17N3O4S. The molecule has 1 amide bonds. The van der Waals surface area contributed by atoms with Crippen LogP contribution in [0.15, 0.2) is 24.4 Å². The number of aromatic carboxylic acids is 1. The van der Waals surface area contributed by atoms with E-state index in [0.717, 1.165) is 22.6 Å². The monoisotopic (exact) mass is 371 g/mol. The lowest BCUT2D eigenvalue weighted by Gasteiger charge is -2.28. The second-order valence-corrected chi connectivity index (χ2v) is 6.90. The number of hydrogen-bond acceptors (Lipinski definition) is 5. The maximum atomic E-state index is 12.0. The Morgan fingerprint density at radius 2 is 2.19 bits per heavy atom. The van der Waals surface area contributed by atoms with Gasteiger partial charge in [-0.2, -0.15) is 0 Å². The van der Waals surface area contributed by atoms with Crippen molar-refractivity contribution in [3.63, 3.8) is 0 Å². The molecule has 7 nitrogen and oxygen atoms in total. The maximum absolute atomic E-state index is 12.0. The van der Waals surface area contributed by atoms with Crippen LogP contribution in [0, 0.1) is 0 Å². The molecule has 0 spiro atoms. The summed E-state index contributed by atoms with van der Waals surface area (Å²) in [6.45, 7) is 4.47. The highest BCUT2D eigenvalue weighted by Gasteiger charge is 2.25. The smallest absolute Gasteiger partial charge is 0.347 e. The van der Waals surface area contributed by atoms with E-state index >= 15 is 0 Å². The van der Waals surface area contributed by atoms with Gasteiger partial charge in [-0.1, -0.05) is 18.3 Å². The van der Waals surface area contributed by atoms with Crippen molar-refractivity contribution in [2.45, 2.75) is 20.3 Å². The van der Waals surface area contributed by atoms with Gasteiger partial charge in [0.15, 0.2) is 11.6 Å². The van der Waals surface area contributed by atoms with Crippen molar-refractivity contribution in [3.8, 4) is 17.0 Å². The molecule has 3 aromatic rings. The Kier molecular flexibility index (Phi) is 3.91. The first kappa shape index (κ1) is 16.6. The first-order chi connectivity index (χ1) is 12.5. The van der Waals surface area contributed by atoms with Crippen LogP contribution in [0.4, 0.5) is 5.69 Å². The summed E-state index contributed by atoms with van der Waals surface area (Å²) >= 11 is 1.17. The van der Waals surface area contributed by atoms with Crippen molar-refractivity contribution in [2.75, 3.05) is 18.1 Å². The molecule has 1 N–H and O–H groups in total. The van der Waals surface area contributed by atoms with Crippen molar-refractivity contribution in [3.05, 3.63) is 35.0 Å². The molecule has 0 saturated heterocycles. The SMILES string of the molecule is CCc1c(C(=O)O)sc2nc(-c3ccc4c(c3)N(CC)C(=O)CO4)cn12. The number of carboxylic acids is 1. The summed E-state index contributed by atoms with van der Waals surface area (Å²) in [5, 5.41) is 9.33. The minimum atomic E-state index is -0.929. The number of hydrogen-bond donors (Lipinski definition) is 1. The summed E-state index contributed by atoms with van der Waals surface area (Å²) in [6, 6.07) is 5.64. The Balaban J connectivity index is 1.81. The van der Waals surface area contributed by atoms with Gasteiger partial charge in [0.05, 0.1) is 11.4 Å². The van der Waals surface area contributed by atoms with Crippen LogP contribution in [0.2, 0.25) is 0 Å². The molecule has 0 unspecified atom stereocenters. The van der Waals surface area contributed by atoms with E-state index in [1.165, 1.54) is 11.3 Å². The summed E-state index contributed by atoms with van der Waals surface area (Å²) in [4.78, 5) is 30.7. The molecule has 0 fully saturated rings. The number of thiazole rings is 1. The summed E-state index contributed by atoms with van der Waals surface area (Å²) < 4.78 is 7.34. The number of carbonyl (C=O) groups is 2. The summed E-state index contributed by atoms with van der Waals surface area (Å²) in [5.41, 5.74) is 3.07. The Hall–Kier alpha value is -2.87. The minimum absolute atomic E-state index is 0.0538. The van der Waals surface area contributed by atoms with Gasteiger partial charge in [-0.15, -0.1) is 0 Å². The van der Waals surface area contributed by atoms with E-state index in [-0.39, 0.29) is 12.5 Å². The van der Waals surface area contributed by atoms with Crippen molar-refractivity contribution in [1.29, 1.82) is 0 Å². The van der Waals surface area contributed by atoms with Gasteiger partial charge >= 0.3 is 5.97 Å². The van der Waals surface area contributed by atoms with Crippen LogP contribution in [-0.4, -0.2) is 39.5 Å². The number of amides is 1. The van der Waals surface area contributed by atoms with Gasteiger partial charge in [-0.05, 0) is 31.5 Å². The number of nitrogens with zero attached hydrogens (tertiary/aromatic N) is 3. The van der Waals surface area contributed by atoms with Gasteiger partial charge in [0.1, 0.15) is 10.6 Å². The third-order valence-corrected chi connectivity index (χ3v) is 5.55. The summed E-state index contributed by atoms with van der Waals surface area (Å²) in [7, 11) is 0. The van der Waals surface area contributed by atoms with E-state index in [1.807, 2.05) is 42.6 Å². The number of aryl methyl sites for hydroxylation is 1. The van der Waals surface area contributed by atoms with Gasteiger partial charge in [0.25, 0.3) is 5.91 Å². The van der Waals surface area contributed by atoms with E-state index in [1.54, 1.807) is 4.90 Å². The lowest BCUT2D eigenvalue weighted by Crippen LogP contribution is -2.38. The van der Waals surface area contributed by atoms with E-state index in [9.17, 15) is 14.7 Å². The average Bonchev–Trinajstić information content (AvgIpc) is 3.18. The highest BCUT2D eigenvalue weighted by Crippen LogP contribution is 2.36. The third-order valence-electron chi connectivity index (χ3n) is 4.46. The predicted molar refractivity (Wildman–Crippen MR) is 98.4 cm³/mol. The Morgan fingerprint density at radius 1 is 1.38 bits per heavy atom. The first-order valence-corrected chi connectivity index (χ1v) is 9.16. The topological polar surface area (TPSA) is 84.1 Å². The number of ether oxygens (including phenoxy) is 1. The molecule has 0 saturated carbocycles. The molecule has 1 aliphatic rings. The van der Waals surface area contributed by atoms with Crippen LogP contribution in [0.3, 0.4) is 0 Å². The van der Waals surface area contributed by atoms with Crippen LogP contribution in [0.5, 0.6) is 5.75 Å². The molecule has 134 valence electrons. The number of fused-ring (bicyclic) bond motifs is 2. The molecule has 4 rings (SSSR count). The zero-order chi connectivity index (χ0) is 18.4. The molecule has 2 aromatic heterocycles. The van der Waals surface area contributed by atoms with Gasteiger partial charge in [0.2, 0.25) is 0 Å². The van der Waals surface area contributed by atoms with Gasteiger partial charge in [0, 0.05) is 24.0 Å². The molecule has 0 aliphatic carbocycles. The van der Waals surface area contributed by atoms with Crippen LogP contribution in [0.1, 0.15) is 29.2 Å². The molecule has 0 atom stereocenters. The van der Waals surface area contributed by atoms with Crippen molar-refractivity contribution in [1.82, 2.24) is 9.38 Å². The third kappa shape index (κ3) is 2.45. The predicted octanol–water partition coefficient (Wildman–Crippen LogP) is 3.07. The van der Waals surface area contributed by atoms with Gasteiger partial charge in [-0.25, -0.2) is 9.78 Å². The molecule has 26 heavy (non-hydrogen) atoms. The second-order valence-electron chi connectivity index (χ2n) is 5.92. The van der Waals surface area contributed by atoms with Crippen LogP contribution >= 0.6 is 11.3 Å². The number of carboxylic acid groups (broad SMARTS) is 1. The first-order valence-electron chi connectivity index (χ1n) is 8.35. The van der Waals surface area contributed by atoms with Crippen molar-refractivity contribution >= 4 is 33.9 Å². The quantitative estimate of drug-likeness (QED) is 0.762. The lowest BCUT2D eigenvalue weighted by atomic mass is 10.1. The standard InChI is InChI=1S/C18H17N3O4S/c1-3-12-16(17(23)24)26-18-19-11(8-21(12)18)10-5-6-14-13(7-10)20(4-2)15(22)9-25-14/h5-8H,3-4,9H2,1-2H3,(H,23,24). The number of rotatable bonds is 4.